The molecule has 0 aromatic heterocycles. The van der Waals surface area contributed by atoms with E-state index in [1.807, 2.05) is 0 Å². The Hall–Kier alpha value is -0.860. The Morgan fingerprint density at radius 1 is 1.22 bits per heavy atom. The molecule has 0 heterocycles. The van der Waals surface area contributed by atoms with Crippen molar-refractivity contribution in [3.8, 4) is 0 Å². The van der Waals surface area contributed by atoms with Gasteiger partial charge in [-0.3, -0.25) is 4.90 Å². The van der Waals surface area contributed by atoms with Crippen LogP contribution in [0.3, 0.4) is 0 Å². The monoisotopic (exact) mass is 246 g/mol. The summed E-state index contributed by atoms with van der Waals surface area (Å²) in [6.45, 7) is 6.54. The van der Waals surface area contributed by atoms with Crippen LogP contribution in [0.25, 0.3) is 0 Å². The van der Waals surface area contributed by atoms with Crippen molar-refractivity contribution in [2.24, 2.45) is 11.7 Å². The molecular formula is C16H26N2. The van der Waals surface area contributed by atoms with Crippen molar-refractivity contribution in [2.75, 3.05) is 13.1 Å². The van der Waals surface area contributed by atoms with E-state index >= 15 is 0 Å². The summed E-state index contributed by atoms with van der Waals surface area (Å²) in [5.41, 5.74) is 7.43. The van der Waals surface area contributed by atoms with E-state index in [1.54, 1.807) is 0 Å². The first kappa shape index (κ1) is 13.6. The van der Waals surface area contributed by atoms with Crippen LogP contribution in [0.1, 0.15) is 32.3 Å². The SMILES string of the molecule is CC(C)CN(C1CC1)C(CN)Cc1ccccc1. The minimum absolute atomic E-state index is 0.502. The summed E-state index contributed by atoms with van der Waals surface area (Å²) in [5, 5.41) is 0. The smallest absolute Gasteiger partial charge is 0.0261 e. The highest BCUT2D eigenvalue weighted by Gasteiger charge is 2.33. The van der Waals surface area contributed by atoms with Crippen molar-refractivity contribution >= 4 is 0 Å². The van der Waals surface area contributed by atoms with Gasteiger partial charge in [0, 0.05) is 25.2 Å². The second kappa shape index (κ2) is 6.35. The Bertz CT molecular complexity index is 343. The van der Waals surface area contributed by atoms with Crippen LogP contribution >= 0.6 is 0 Å². The Kier molecular flexibility index (Phi) is 4.79. The van der Waals surface area contributed by atoms with Crippen molar-refractivity contribution < 1.29 is 0 Å². The summed E-state index contributed by atoms with van der Waals surface area (Å²) in [6.07, 6.45) is 3.80. The zero-order valence-electron chi connectivity index (χ0n) is 11.7. The Balaban J connectivity index is 2.01. The normalized spacial score (nSPS) is 17.4. The second-order valence-corrected chi connectivity index (χ2v) is 5.90. The van der Waals surface area contributed by atoms with Crippen LogP contribution in [-0.2, 0) is 6.42 Å². The molecule has 1 unspecified atom stereocenters. The van der Waals surface area contributed by atoms with E-state index in [-0.39, 0.29) is 0 Å². The summed E-state index contributed by atoms with van der Waals surface area (Å²) in [5.74, 6) is 0.718. The fourth-order valence-electron chi connectivity index (χ4n) is 2.65. The van der Waals surface area contributed by atoms with Crippen LogP contribution in [0.4, 0.5) is 0 Å². The van der Waals surface area contributed by atoms with Gasteiger partial charge in [-0.05, 0) is 30.7 Å². The van der Waals surface area contributed by atoms with Gasteiger partial charge in [0.15, 0.2) is 0 Å². The predicted octanol–water partition coefficient (Wildman–Crippen LogP) is 2.68. The lowest BCUT2D eigenvalue weighted by Gasteiger charge is -2.32. The highest BCUT2D eigenvalue weighted by atomic mass is 15.2. The molecule has 18 heavy (non-hydrogen) atoms. The van der Waals surface area contributed by atoms with Crippen LogP contribution in [0.15, 0.2) is 30.3 Å². The molecule has 1 aromatic rings. The van der Waals surface area contributed by atoms with Crippen molar-refractivity contribution in [3.05, 3.63) is 35.9 Å². The lowest BCUT2D eigenvalue weighted by atomic mass is 10.0. The minimum Gasteiger partial charge on any atom is -0.329 e. The van der Waals surface area contributed by atoms with Gasteiger partial charge in [-0.25, -0.2) is 0 Å². The molecule has 0 amide bonds. The number of nitrogens with zero attached hydrogens (tertiary/aromatic N) is 1. The third kappa shape index (κ3) is 3.82. The molecule has 1 aromatic carbocycles. The number of nitrogens with two attached hydrogens (primary N) is 1. The number of rotatable bonds is 7. The lowest BCUT2D eigenvalue weighted by Crippen LogP contribution is -2.45. The number of benzene rings is 1. The van der Waals surface area contributed by atoms with Crippen LogP contribution in [0.2, 0.25) is 0 Å². The van der Waals surface area contributed by atoms with Gasteiger partial charge in [-0.15, -0.1) is 0 Å². The summed E-state index contributed by atoms with van der Waals surface area (Å²) in [6, 6.07) is 12.0. The van der Waals surface area contributed by atoms with Crippen LogP contribution in [0, 0.1) is 5.92 Å². The van der Waals surface area contributed by atoms with Crippen LogP contribution < -0.4 is 5.73 Å². The average Bonchev–Trinajstić information content (AvgIpc) is 3.18. The molecule has 1 aliphatic carbocycles. The van der Waals surface area contributed by atoms with Gasteiger partial charge in [0.05, 0.1) is 0 Å². The largest absolute Gasteiger partial charge is 0.329 e. The van der Waals surface area contributed by atoms with Gasteiger partial charge in [-0.1, -0.05) is 44.2 Å². The van der Waals surface area contributed by atoms with Crippen molar-refractivity contribution in [2.45, 2.75) is 45.2 Å². The maximum Gasteiger partial charge on any atom is 0.0261 e. The Morgan fingerprint density at radius 2 is 1.89 bits per heavy atom. The standard InChI is InChI=1S/C16H26N2/c1-13(2)12-18(15-8-9-15)16(11-17)10-14-6-4-3-5-7-14/h3-7,13,15-16H,8-12,17H2,1-2H3. The summed E-state index contributed by atoms with van der Waals surface area (Å²) in [4.78, 5) is 2.65. The van der Waals surface area contributed by atoms with E-state index in [1.165, 1.54) is 24.9 Å². The fraction of sp³-hybridized carbons (Fsp3) is 0.625. The third-order valence-electron chi connectivity index (χ3n) is 3.65. The minimum atomic E-state index is 0.502. The van der Waals surface area contributed by atoms with Crippen molar-refractivity contribution in [3.63, 3.8) is 0 Å². The molecule has 100 valence electrons. The molecule has 0 saturated heterocycles. The highest BCUT2D eigenvalue weighted by Crippen LogP contribution is 2.30. The predicted molar refractivity (Wildman–Crippen MR) is 77.6 cm³/mol. The first-order valence-electron chi connectivity index (χ1n) is 7.20. The summed E-state index contributed by atoms with van der Waals surface area (Å²) >= 11 is 0. The van der Waals surface area contributed by atoms with Gasteiger partial charge in [-0.2, -0.15) is 0 Å². The Morgan fingerprint density at radius 3 is 2.39 bits per heavy atom. The molecule has 0 radical (unpaired) electrons. The Labute approximate surface area is 111 Å². The highest BCUT2D eigenvalue weighted by molar-refractivity contribution is 5.16. The van der Waals surface area contributed by atoms with Crippen molar-refractivity contribution in [1.82, 2.24) is 4.90 Å². The number of hydrogen-bond acceptors (Lipinski definition) is 2. The van der Waals surface area contributed by atoms with E-state index in [9.17, 15) is 0 Å². The molecule has 1 saturated carbocycles. The molecule has 1 aliphatic rings. The quantitative estimate of drug-likeness (QED) is 0.801. The van der Waals surface area contributed by atoms with E-state index < -0.39 is 0 Å². The van der Waals surface area contributed by atoms with E-state index in [4.69, 9.17) is 5.73 Å². The fourth-order valence-corrected chi connectivity index (χ4v) is 2.65. The zero-order chi connectivity index (χ0) is 13.0. The van der Waals surface area contributed by atoms with Gasteiger partial charge in [0.2, 0.25) is 0 Å². The van der Waals surface area contributed by atoms with Crippen LogP contribution in [0.5, 0.6) is 0 Å². The van der Waals surface area contributed by atoms with Gasteiger partial charge >= 0.3 is 0 Å². The van der Waals surface area contributed by atoms with Gasteiger partial charge in [0.1, 0.15) is 0 Å². The number of hydrogen-bond donors (Lipinski definition) is 1. The van der Waals surface area contributed by atoms with E-state index in [0.717, 1.165) is 24.9 Å². The molecule has 0 aliphatic heterocycles. The molecule has 2 heteroatoms. The summed E-state index contributed by atoms with van der Waals surface area (Å²) < 4.78 is 0. The lowest BCUT2D eigenvalue weighted by molar-refractivity contribution is 0.168. The maximum absolute atomic E-state index is 6.02. The van der Waals surface area contributed by atoms with E-state index in [0.29, 0.717) is 6.04 Å². The molecule has 2 nitrogen and oxygen atoms in total. The molecule has 2 rings (SSSR count). The molecule has 2 N–H and O–H groups in total. The second-order valence-electron chi connectivity index (χ2n) is 5.90. The van der Waals surface area contributed by atoms with Gasteiger partial charge in [0.25, 0.3) is 0 Å². The average molecular weight is 246 g/mol. The third-order valence-corrected chi connectivity index (χ3v) is 3.65. The summed E-state index contributed by atoms with van der Waals surface area (Å²) in [7, 11) is 0. The molecule has 1 fully saturated rings. The molecular weight excluding hydrogens is 220 g/mol. The van der Waals surface area contributed by atoms with E-state index in [2.05, 4.69) is 49.1 Å². The van der Waals surface area contributed by atoms with Gasteiger partial charge < -0.3 is 5.73 Å². The van der Waals surface area contributed by atoms with Crippen molar-refractivity contribution in [1.29, 1.82) is 0 Å². The molecule has 1 atom stereocenters. The zero-order valence-corrected chi connectivity index (χ0v) is 11.7. The first-order valence-corrected chi connectivity index (χ1v) is 7.20. The van der Waals surface area contributed by atoms with Crippen LogP contribution in [-0.4, -0.2) is 30.1 Å². The topological polar surface area (TPSA) is 29.3 Å². The molecule has 0 bridgehead atoms. The molecule has 0 spiro atoms. The maximum atomic E-state index is 6.02. The first-order chi connectivity index (χ1) is 8.70.